The molecule has 0 radical (unpaired) electrons. The van der Waals surface area contributed by atoms with Crippen LogP contribution in [0.3, 0.4) is 0 Å². The first-order valence-electron chi connectivity index (χ1n) is 5.19. The highest BCUT2D eigenvalue weighted by molar-refractivity contribution is 7.60. The van der Waals surface area contributed by atoms with E-state index in [1.165, 1.54) is 6.07 Å². The number of benzene rings is 1. The van der Waals surface area contributed by atoms with Gasteiger partial charge in [0, 0.05) is 0 Å². The number of hydrogen-bond acceptors (Lipinski definition) is 1. The van der Waals surface area contributed by atoms with Gasteiger partial charge in [0.2, 0.25) is 0 Å². The molecule has 0 amide bonds. The molecule has 0 fully saturated rings. The minimum atomic E-state index is -4.08. The Morgan fingerprint density at radius 2 is 2.00 bits per heavy atom. The Morgan fingerprint density at radius 1 is 1.27 bits per heavy atom. The van der Waals surface area contributed by atoms with E-state index in [1.807, 2.05) is 6.07 Å². The minimum Gasteiger partial charge on any atom is -0.321 e. The molecule has 4 heteroatoms. The Hall–Kier alpha value is -0.630. The van der Waals surface area contributed by atoms with Crippen molar-refractivity contribution in [1.82, 2.24) is 0 Å². The van der Waals surface area contributed by atoms with Gasteiger partial charge in [0.1, 0.15) is 0 Å². The van der Waals surface area contributed by atoms with Gasteiger partial charge < -0.3 is 9.79 Å². The van der Waals surface area contributed by atoms with Crippen LogP contribution in [0.5, 0.6) is 0 Å². The molecule has 1 aromatic carbocycles. The molecule has 1 rings (SSSR count). The van der Waals surface area contributed by atoms with Gasteiger partial charge in [-0.2, -0.15) is 0 Å². The fourth-order valence-corrected chi connectivity index (χ4v) is 2.09. The minimum absolute atomic E-state index is 0.122. The van der Waals surface area contributed by atoms with Crippen LogP contribution < -0.4 is 5.30 Å². The Bertz CT molecular complexity index is 357. The van der Waals surface area contributed by atoms with Crippen LogP contribution >= 0.6 is 7.60 Å². The summed E-state index contributed by atoms with van der Waals surface area (Å²) in [5.41, 5.74) is 1.00. The van der Waals surface area contributed by atoms with E-state index in [1.54, 1.807) is 12.1 Å². The molecule has 0 aliphatic carbocycles. The summed E-state index contributed by atoms with van der Waals surface area (Å²) in [6.07, 6.45) is 4.26. The molecule has 0 saturated carbocycles. The molecule has 0 bridgehead atoms. The first-order chi connectivity index (χ1) is 7.04. The SMILES string of the molecule is CCCCCc1cccc(P(=O)(O)O)c1. The van der Waals surface area contributed by atoms with Crippen molar-refractivity contribution in [2.24, 2.45) is 0 Å². The Kier molecular flexibility index (Phi) is 4.52. The van der Waals surface area contributed by atoms with Gasteiger partial charge in [0.05, 0.1) is 5.30 Å². The molecular weight excluding hydrogens is 211 g/mol. The van der Waals surface area contributed by atoms with Crippen molar-refractivity contribution in [3.8, 4) is 0 Å². The molecule has 2 N–H and O–H groups in total. The first-order valence-corrected chi connectivity index (χ1v) is 6.80. The Balaban J connectivity index is 2.71. The molecule has 0 atom stereocenters. The summed E-state index contributed by atoms with van der Waals surface area (Å²) in [5, 5.41) is 0.122. The van der Waals surface area contributed by atoms with Crippen molar-refractivity contribution in [2.45, 2.75) is 32.6 Å². The Labute approximate surface area is 90.3 Å². The fourth-order valence-electron chi connectivity index (χ4n) is 1.47. The van der Waals surface area contributed by atoms with E-state index in [9.17, 15) is 4.57 Å². The van der Waals surface area contributed by atoms with Crippen LogP contribution in [0.1, 0.15) is 31.7 Å². The molecule has 15 heavy (non-hydrogen) atoms. The third-order valence-electron chi connectivity index (χ3n) is 2.32. The zero-order valence-corrected chi connectivity index (χ0v) is 9.78. The number of aryl methyl sites for hydroxylation is 1. The smallest absolute Gasteiger partial charge is 0.321 e. The molecule has 0 heterocycles. The summed E-state index contributed by atoms with van der Waals surface area (Å²) >= 11 is 0. The van der Waals surface area contributed by atoms with Gasteiger partial charge in [0.25, 0.3) is 0 Å². The topological polar surface area (TPSA) is 57.5 Å². The highest BCUT2D eigenvalue weighted by Gasteiger charge is 2.16. The second-order valence-corrected chi connectivity index (χ2v) is 5.28. The summed E-state index contributed by atoms with van der Waals surface area (Å²) in [4.78, 5) is 18.0. The lowest BCUT2D eigenvalue weighted by Gasteiger charge is -2.06. The molecule has 0 aromatic heterocycles. The lowest BCUT2D eigenvalue weighted by molar-refractivity contribution is 0.387. The lowest BCUT2D eigenvalue weighted by atomic mass is 10.1. The van der Waals surface area contributed by atoms with Crippen LogP contribution in [0.2, 0.25) is 0 Å². The van der Waals surface area contributed by atoms with E-state index in [4.69, 9.17) is 9.79 Å². The van der Waals surface area contributed by atoms with Crippen molar-refractivity contribution in [2.75, 3.05) is 0 Å². The molecule has 3 nitrogen and oxygen atoms in total. The van der Waals surface area contributed by atoms with Crippen molar-refractivity contribution < 1.29 is 14.4 Å². The van der Waals surface area contributed by atoms with Crippen LogP contribution in [-0.4, -0.2) is 9.79 Å². The van der Waals surface area contributed by atoms with Gasteiger partial charge in [-0.25, -0.2) is 0 Å². The van der Waals surface area contributed by atoms with Crippen LogP contribution in [0.15, 0.2) is 24.3 Å². The summed E-state index contributed by atoms with van der Waals surface area (Å²) in [5.74, 6) is 0. The summed E-state index contributed by atoms with van der Waals surface area (Å²) in [6.45, 7) is 2.13. The molecule has 1 aromatic rings. The monoisotopic (exact) mass is 228 g/mol. The van der Waals surface area contributed by atoms with Gasteiger partial charge in [-0.05, 0) is 30.5 Å². The molecular formula is C11H17O3P. The Morgan fingerprint density at radius 3 is 2.60 bits per heavy atom. The van der Waals surface area contributed by atoms with Gasteiger partial charge in [-0.15, -0.1) is 0 Å². The fraction of sp³-hybridized carbons (Fsp3) is 0.455. The highest BCUT2D eigenvalue weighted by Crippen LogP contribution is 2.33. The number of rotatable bonds is 5. The van der Waals surface area contributed by atoms with Crippen LogP contribution in [0.25, 0.3) is 0 Å². The third-order valence-corrected chi connectivity index (χ3v) is 3.27. The summed E-state index contributed by atoms with van der Waals surface area (Å²) < 4.78 is 11.0. The molecule has 0 aliphatic heterocycles. The quantitative estimate of drug-likeness (QED) is 0.600. The van der Waals surface area contributed by atoms with Crippen molar-refractivity contribution in [3.05, 3.63) is 29.8 Å². The molecule has 0 spiro atoms. The average Bonchev–Trinajstić information content (AvgIpc) is 2.17. The molecule has 0 aliphatic rings. The maximum atomic E-state index is 11.0. The van der Waals surface area contributed by atoms with Gasteiger partial charge in [-0.1, -0.05) is 31.9 Å². The van der Waals surface area contributed by atoms with E-state index in [0.29, 0.717) is 0 Å². The van der Waals surface area contributed by atoms with Gasteiger partial charge >= 0.3 is 7.60 Å². The van der Waals surface area contributed by atoms with Crippen molar-refractivity contribution in [3.63, 3.8) is 0 Å². The highest BCUT2D eigenvalue weighted by atomic mass is 31.2. The second-order valence-electron chi connectivity index (χ2n) is 3.67. The molecule has 0 saturated heterocycles. The van der Waals surface area contributed by atoms with Crippen LogP contribution in [0.4, 0.5) is 0 Å². The largest absolute Gasteiger partial charge is 0.356 e. The second kappa shape index (κ2) is 5.45. The maximum absolute atomic E-state index is 11.0. The predicted molar refractivity (Wildman–Crippen MR) is 61.3 cm³/mol. The van der Waals surface area contributed by atoms with Gasteiger partial charge in [-0.3, -0.25) is 4.57 Å². The standard InChI is InChI=1S/C11H17O3P/c1-2-3-4-6-10-7-5-8-11(9-10)15(12,13)14/h5,7-9H,2-4,6H2,1H3,(H2,12,13,14). The third kappa shape index (κ3) is 4.17. The lowest BCUT2D eigenvalue weighted by Crippen LogP contribution is -2.04. The van der Waals surface area contributed by atoms with Gasteiger partial charge in [0.15, 0.2) is 0 Å². The molecule has 0 unspecified atom stereocenters. The number of unbranched alkanes of at least 4 members (excludes halogenated alkanes) is 2. The number of hydrogen-bond donors (Lipinski definition) is 2. The summed E-state index contributed by atoms with van der Waals surface area (Å²) in [6, 6.07) is 6.70. The normalized spacial score (nSPS) is 11.7. The van der Waals surface area contributed by atoms with E-state index < -0.39 is 7.60 Å². The zero-order valence-electron chi connectivity index (χ0n) is 8.89. The van der Waals surface area contributed by atoms with Crippen molar-refractivity contribution in [1.29, 1.82) is 0 Å². The van der Waals surface area contributed by atoms with E-state index in [2.05, 4.69) is 6.92 Å². The van der Waals surface area contributed by atoms with E-state index in [0.717, 1.165) is 31.2 Å². The first kappa shape index (κ1) is 12.4. The van der Waals surface area contributed by atoms with Crippen LogP contribution in [0, 0.1) is 0 Å². The molecule has 84 valence electrons. The summed E-state index contributed by atoms with van der Waals surface area (Å²) in [7, 11) is -4.08. The van der Waals surface area contributed by atoms with Crippen molar-refractivity contribution >= 4 is 12.9 Å². The average molecular weight is 228 g/mol. The predicted octanol–water partition coefficient (Wildman–Crippen LogP) is 2.22. The van der Waals surface area contributed by atoms with E-state index >= 15 is 0 Å². The van der Waals surface area contributed by atoms with Crippen LogP contribution in [-0.2, 0) is 11.0 Å². The van der Waals surface area contributed by atoms with E-state index in [-0.39, 0.29) is 5.30 Å². The zero-order chi connectivity index (χ0) is 11.3. The maximum Gasteiger partial charge on any atom is 0.356 e.